The van der Waals surface area contributed by atoms with E-state index in [1.54, 1.807) is 0 Å². The summed E-state index contributed by atoms with van der Waals surface area (Å²) in [5, 5.41) is 14.2. The van der Waals surface area contributed by atoms with Crippen LogP contribution in [0.4, 0.5) is 5.69 Å². The molecule has 4 bridgehead atoms. The van der Waals surface area contributed by atoms with Gasteiger partial charge in [0.15, 0.2) is 6.10 Å². The topological polar surface area (TPSA) is 108 Å². The summed E-state index contributed by atoms with van der Waals surface area (Å²) in [5.41, 5.74) is -0.491. The minimum atomic E-state index is -1.00. The van der Waals surface area contributed by atoms with Gasteiger partial charge < -0.3 is 14.8 Å². The zero-order chi connectivity index (χ0) is 20.8. The van der Waals surface area contributed by atoms with Crippen LogP contribution in [-0.2, 0) is 9.53 Å². The van der Waals surface area contributed by atoms with Gasteiger partial charge in [-0.15, -0.1) is 0 Å². The third-order valence-corrected chi connectivity index (χ3v) is 6.69. The van der Waals surface area contributed by atoms with E-state index in [4.69, 9.17) is 9.47 Å². The lowest BCUT2D eigenvalue weighted by atomic mass is 9.53. The second-order valence-electron chi connectivity index (χ2n) is 8.88. The molecule has 1 aromatic rings. The Labute approximate surface area is 169 Å². The number of non-ortho nitro benzene ring substituents is 1. The first kappa shape index (κ1) is 19.7. The van der Waals surface area contributed by atoms with Crippen LogP contribution in [0.2, 0.25) is 0 Å². The summed E-state index contributed by atoms with van der Waals surface area (Å²) in [6.45, 7) is 1.53. The summed E-state index contributed by atoms with van der Waals surface area (Å²) < 4.78 is 10.4. The lowest BCUT2D eigenvalue weighted by Gasteiger charge is -2.57. The van der Waals surface area contributed by atoms with E-state index in [2.05, 4.69) is 5.32 Å². The molecule has 0 unspecified atom stereocenters. The van der Waals surface area contributed by atoms with Crippen LogP contribution in [0.3, 0.4) is 0 Å². The molecule has 1 amide bonds. The van der Waals surface area contributed by atoms with Crippen molar-refractivity contribution in [2.24, 2.45) is 17.8 Å². The number of carbonyl (C=O) groups is 2. The van der Waals surface area contributed by atoms with Gasteiger partial charge in [-0.25, -0.2) is 4.79 Å². The molecule has 0 aliphatic heterocycles. The summed E-state index contributed by atoms with van der Waals surface area (Å²) >= 11 is 0. The fraction of sp³-hybridized carbons (Fsp3) is 0.619. The van der Waals surface area contributed by atoms with Gasteiger partial charge >= 0.3 is 5.97 Å². The molecule has 4 saturated carbocycles. The third-order valence-electron chi connectivity index (χ3n) is 6.69. The molecule has 0 saturated heterocycles. The molecule has 29 heavy (non-hydrogen) atoms. The maximum Gasteiger partial charge on any atom is 0.342 e. The molecule has 0 heterocycles. The van der Waals surface area contributed by atoms with Crippen molar-refractivity contribution < 1.29 is 24.0 Å². The third kappa shape index (κ3) is 3.80. The van der Waals surface area contributed by atoms with E-state index >= 15 is 0 Å². The van der Waals surface area contributed by atoms with Crippen LogP contribution < -0.4 is 10.1 Å². The molecule has 0 radical (unpaired) electrons. The summed E-state index contributed by atoms with van der Waals surface area (Å²) in [6, 6.07) is 3.69. The van der Waals surface area contributed by atoms with Gasteiger partial charge in [-0.2, -0.15) is 0 Å². The number of methoxy groups -OCH3 is 1. The first-order valence-electron chi connectivity index (χ1n) is 10.1. The molecule has 0 spiro atoms. The highest BCUT2D eigenvalue weighted by molar-refractivity contribution is 5.95. The van der Waals surface area contributed by atoms with Crippen molar-refractivity contribution in [1.82, 2.24) is 5.32 Å². The van der Waals surface area contributed by atoms with Crippen LogP contribution in [0, 0.1) is 27.9 Å². The maximum atomic E-state index is 12.8. The van der Waals surface area contributed by atoms with E-state index in [9.17, 15) is 19.7 Å². The number of amides is 1. The Balaban J connectivity index is 1.43. The molecule has 156 valence electrons. The summed E-state index contributed by atoms with van der Waals surface area (Å²) in [5.74, 6) is 1.09. The Morgan fingerprint density at radius 3 is 2.28 bits per heavy atom. The fourth-order valence-corrected chi connectivity index (χ4v) is 5.87. The van der Waals surface area contributed by atoms with Crippen molar-refractivity contribution in [2.75, 3.05) is 7.11 Å². The van der Waals surface area contributed by atoms with Gasteiger partial charge in [-0.05, 0) is 69.3 Å². The number of esters is 1. The monoisotopic (exact) mass is 402 g/mol. The van der Waals surface area contributed by atoms with Gasteiger partial charge in [0.25, 0.3) is 11.6 Å². The van der Waals surface area contributed by atoms with Crippen molar-refractivity contribution in [3.05, 3.63) is 33.9 Å². The molecule has 1 atom stereocenters. The van der Waals surface area contributed by atoms with Crippen LogP contribution >= 0.6 is 0 Å². The number of nitrogens with one attached hydrogen (secondary N) is 1. The van der Waals surface area contributed by atoms with E-state index in [-0.39, 0.29) is 28.4 Å². The number of nitrogens with zero attached hydrogens (tertiary/aromatic N) is 1. The molecular weight excluding hydrogens is 376 g/mol. The fourth-order valence-electron chi connectivity index (χ4n) is 5.87. The van der Waals surface area contributed by atoms with Gasteiger partial charge in [-0.3, -0.25) is 14.9 Å². The molecule has 8 nitrogen and oxygen atoms in total. The summed E-state index contributed by atoms with van der Waals surface area (Å²) in [4.78, 5) is 35.8. The average Bonchev–Trinajstić information content (AvgIpc) is 2.65. The second-order valence-corrected chi connectivity index (χ2v) is 8.88. The minimum Gasteiger partial charge on any atom is -0.496 e. The Bertz CT molecular complexity index is 816. The predicted molar refractivity (Wildman–Crippen MR) is 104 cm³/mol. The Hall–Kier alpha value is -2.64. The predicted octanol–water partition coefficient (Wildman–Crippen LogP) is 3.23. The van der Waals surface area contributed by atoms with Crippen LogP contribution in [0.5, 0.6) is 5.75 Å². The molecule has 1 aromatic carbocycles. The molecule has 4 fully saturated rings. The van der Waals surface area contributed by atoms with E-state index < -0.39 is 17.0 Å². The number of carbonyl (C=O) groups excluding carboxylic acids is 2. The molecule has 4 aliphatic carbocycles. The zero-order valence-electron chi connectivity index (χ0n) is 16.7. The number of ether oxygens (including phenoxy) is 2. The SMILES string of the molecule is COc1ccc([N+](=O)[O-])cc1C(=O)O[C@@H](C)C(=O)NC12CC3CC(CC(C3)C1)C2. The average molecular weight is 402 g/mol. The largest absolute Gasteiger partial charge is 0.496 e. The van der Waals surface area contributed by atoms with Crippen LogP contribution in [0.1, 0.15) is 55.8 Å². The van der Waals surface area contributed by atoms with Crippen molar-refractivity contribution in [3.63, 3.8) is 0 Å². The summed E-state index contributed by atoms with van der Waals surface area (Å²) in [6.07, 6.45) is 5.82. The van der Waals surface area contributed by atoms with Gasteiger partial charge in [0.05, 0.1) is 12.0 Å². The van der Waals surface area contributed by atoms with Crippen molar-refractivity contribution in [2.45, 2.75) is 57.1 Å². The lowest BCUT2D eigenvalue weighted by molar-refractivity contribution is -0.384. The Morgan fingerprint density at radius 1 is 1.17 bits per heavy atom. The highest BCUT2D eigenvalue weighted by atomic mass is 16.6. The van der Waals surface area contributed by atoms with Crippen LogP contribution in [0.25, 0.3) is 0 Å². The van der Waals surface area contributed by atoms with Crippen LogP contribution in [-0.4, -0.2) is 35.6 Å². The first-order valence-corrected chi connectivity index (χ1v) is 10.1. The van der Waals surface area contributed by atoms with Crippen molar-refractivity contribution in [1.29, 1.82) is 0 Å². The highest BCUT2D eigenvalue weighted by Gasteiger charge is 2.51. The summed E-state index contributed by atoms with van der Waals surface area (Å²) in [7, 11) is 1.36. The van der Waals surface area contributed by atoms with Gasteiger partial charge in [0.1, 0.15) is 11.3 Å². The molecule has 8 heteroatoms. The number of hydrogen-bond donors (Lipinski definition) is 1. The molecule has 5 rings (SSSR count). The maximum absolute atomic E-state index is 12.8. The smallest absolute Gasteiger partial charge is 0.342 e. The Morgan fingerprint density at radius 2 is 1.76 bits per heavy atom. The van der Waals surface area contributed by atoms with Gasteiger partial charge in [-0.1, -0.05) is 0 Å². The van der Waals surface area contributed by atoms with Gasteiger partial charge in [0.2, 0.25) is 0 Å². The Kier molecular flexibility index (Phi) is 4.96. The van der Waals surface area contributed by atoms with E-state index in [0.717, 1.165) is 25.3 Å². The first-order chi connectivity index (χ1) is 13.8. The second kappa shape index (κ2) is 7.31. The van der Waals surface area contributed by atoms with Crippen molar-refractivity contribution >= 4 is 17.6 Å². The minimum absolute atomic E-state index is 0.0730. The van der Waals surface area contributed by atoms with Crippen molar-refractivity contribution in [3.8, 4) is 5.75 Å². The number of nitro groups is 1. The molecule has 4 aliphatic rings. The number of rotatable bonds is 6. The van der Waals surface area contributed by atoms with E-state index in [1.165, 1.54) is 45.4 Å². The molecule has 0 aromatic heterocycles. The highest BCUT2D eigenvalue weighted by Crippen LogP contribution is 2.55. The van der Waals surface area contributed by atoms with E-state index in [0.29, 0.717) is 17.8 Å². The standard InChI is InChI=1S/C21H26N2O6/c1-12(29-20(25)17-8-16(23(26)27)3-4-18(17)28-2)19(24)22-21-9-13-5-14(10-21)7-15(6-13)11-21/h3-4,8,12-15H,5-7,9-11H2,1-2H3,(H,22,24)/t12-,13?,14?,15?,21?/m0/s1. The molecular formula is C21H26N2O6. The van der Waals surface area contributed by atoms with E-state index in [1.807, 2.05) is 0 Å². The lowest BCUT2D eigenvalue weighted by Crippen LogP contribution is -2.61. The quantitative estimate of drug-likeness (QED) is 0.445. The number of benzene rings is 1. The number of nitro benzene ring substituents is 1. The molecule has 1 N–H and O–H groups in total. The van der Waals surface area contributed by atoms with Crippen LogP contribution in [0.15, 0.2) is 18.2 Å². The zero-order valence-corrected chi connectivity index (χ0v) is 16.7. The number of hydrogen-bond acceptors (Lipinski definition) is 6. The van der Waals surface area contributed by atoms with Gasteiger partial charge in [0, 0.05) is 17.7 Å². The normalized spacial score (nSPS) is 30.5.